The summed E-state index contributed by atoms with van der Waals surface area (Å²) in [5.74, 6) is 0.639. The highest BCUT2D eigenvalue weighted by molar-refractivity contribution is 7.98. The lowest BCUT2D eigenvalue weighted by atomic mass is 10.1. The molecule has 0 saturated heterocycles. The molecule has 0 bridgehead atoms. The van der Waals surface area contributed by atoms with E-state index in [9.17, 15) is 4.39 Å². The zero-order valence-corrected chi connectivity index (χ0v) is 12.0. The van der Waals surface area contributed by atoms with E-state index < -0.39 is 0 Å². The number of benzene rings is 2. The molecular formula is C16H18FNS. The van der Waals surface area contributed by atoms with Gasteiger partial charge in [-0.3, -0.25) is 0 Å². The summed E-state index contributed by atoms with van der Waals surface area (Å²) in [5, 5.41) is 0. The molecule has 2 N–H and O–H groups in total. The van der Waals surface area contributed by atoms with E-state index in [1.165, 1.54) is 23.3 Å². The highest BCUT2D eigenvalue weighted by atomic mass is 32.2. The van der Waals surface area contributed by atoms with Gasteiger partial charge in [-0.25, -0.2) is 4.39 Å². The molecule has 0 aliphatic carbocycles. The molecule has 0 aromatic heterocycles. The minimum atomic E-state index is -0.229. The van der Waals surface area contributed by atoms with Crippen molar-refractivity contribution in [1.29, 1.82) is 0 Å². The highest BCUT2D eigenvalue weighted by Crippen LogP contribution is 2.30. The van der Waals surface area contributed by atoms with Crippen molar-refractivity contribution in [3.8, 4) is 0 Å². The Morgan fingerprint density at radius 1 is 1.21 bits per heavy atom. The normalized spacial score (nSPS) is 12.4. The lowest BCUT2D eigenvalue weighted by Gasteiger charge is -2.12. The van der Waals surface area contributed by atoms with Crippen LogP contribution in [-0.4, -0.2) is 0 Å². The summed E-state index contributed by atoms with van der Waals surface area (Å²) in [6.07, 6.45) is 0. The fraction of sp³-hybridized carbons (Fsp3) is 0.250. The van der Waals surface area contributed by atoms with Crippen molar-refractivity contribution in [3.05, 3.63) is 65.0 Å². The van der Waals surface area contributed by atoms with Gasteiger partial charge in [0.1, 0.15) is 5.82 Å². The molecule has 1 atom stereocenters. The predicted molar refractivity (Wildman–Crippen MR) is 79.7 cm³/mol. The number of hydrogen-bond acceptors (Lipinski definition) is 2. The van der Waals surface area contributed by atoms with Crippen LogP contribution in [0.4, 0.5) is 4.39 Å². The van der Waals surface area contributed by atoms with Crippen molar-refractivity contribution in [2.75, 3.05) is 0 Å². The zero-order chi connectivity index (χ0) is 13.8. The maximum atomic E-state index is 13.3. The largest absolute Gasteiger partial charge is 0.324 e. The van der Waals surface area contributed by atoms with Crippen molar-refractivity contribution in [3.63, 3.8) is 0 Å². The van der Waals surface area contributed by atoms with Gasteiger partial charge in [-0.05, 0) is 43.2 Å². The van der Waals surface area contributed by atoms with E-state index in [1.807, 2.05) is 13.0 Å². The van der Waals surface area contributed by atoms with Crippen molar-refractivity contribution >= 4 is 11.8 Å². The van der Waals surface area contributed by atoms with Crippen LogP contribution < -0.4 is 5.73 Å². The maximum absolute atomic E-state index is 13.3. The summed E-state index contributed by atoms with van der Waals surface area (Å²) in [5.41, 5.74) is 9.29. The monoisotopic (exact) mass is 275 g/mol. The molecule has 0 saturated carbocycles. The molecule has 2 aromatic rings. The second-order valence-electron chi connectivity index (χ2n) is 4.75. The fourth-order valence-electron chi connectivity index (χ4n) is 1.97. The molecule has 0 fully saturated rings. The first-order chi connectivity index (χ1) is 9.06. The highest BCUT2D eigenvalue weighted by Gasteiger charge is 2.09. The summed E-state index contributed by atoms with van der Waals surface area (Å²) in [6.45, 7) is 3.96. The minimum absolute atomic E-state index is 0.157. The average Bonchev–Trinajstić information content (AvgIpc) is 2.37. The van der Waals surface area contributed by atoms with E-state index in [0.717, 1.165) is 16.2 Å². The number of aryl methyl sites for hydroxylation is 1. The van der Waals surface area contributed by atoms with E-state index in [-0.39, 0.29) is 11.9 Å². The van der Waals surface area contributed by atoms with Gasteiger partial charge >= 0.3 is 0 Å². The third-order valence-electron chi connectivity index (χ3n) is 2.94. The van der Waals surface area contributed by atoms with Crippen molar-refractivity contribution in [2.24, 2.45) is 5.73 Å². The fourth-order valence-corrected chi connectivity index (χ4v) is 3.05. The Morgan fingerprint density at radius 2 is 2.00 bits per heavy atom. The van der Waals surface area contributed by atoms with E-state index >= 15 is 0 Å². The Hall–Kier alpha value is -1.32. The maximum Gasteiger partial charge on any atom is 0.123 e. The molecule has 0 heterocycles. The second-order valence-corrected chi connectivity index (χ2v) is 5.77. The predicted octanol–water partition coefficient (Wildman–Crippen LogP) is 4.45. The van der Waals surface area contributed by atoms with Crippen LogP contribution in [0.25, 0.3) is 0 Å². The molecule has 19 heavy (non-hydrogen) atoms. The summed E-state index contributed by atoms with van der Waals surface area (Å²) in [6, 6.07) is 13.1. The van der Waals surface area contributed by atoms with Crippen molar-refractivity contribution < 1.29 is 4.39 Å². The third-order valence-corrected chi connectivity index (χ3v) is 4.10. The Kier molecular flexibility index (Phi) is 4.61. The van der Waals surface area contributed by atoms with Gasteiger partial charge in [0.05, 0.1) is 0 Å². The Bertz CT molecular complexity index is 566. The molecule has 3 heteroatoms. The van der Waals surface area contributed by atoms with Crippen LogP contribution in [0.2, 0.25) is 0 Å². The van der Waals surface area contributed by atoms with Gasteiger partial charge in [0.15, 0.2) is 0 Å². The van der Waals surface area contributed by atoms with Crippen LogP contribution in [0.5, 0.6) is 0 Å². The first kappa shape index (κ1) is 14.1. The molecule has 0 aliphatic rings. The van der Waals surface area contributed by atoms with Crippen molar-refractivity contribution in [1.82, 2.24) is 0 Å². The Labute approximate surface area is 118 Å². The summed E-state index contributed by atoms with van der Waals surface area (Å²) < 4.78 is 13.3. The van der Waals surface area contributed by atoms with E-state index in [0.29, 0.717) is 0 Å². The van der Waals surface area contributed by atoms with E-state index in [4.69, 9.17) is 5.73 Å². The number of rotatable bonds is 4. The molecule has 0 radical (unpaired) electrons. The lowest BCUT2D eigenvalue weighted by molar-refractivity contribution is 0.619. The molecule has 0 spiro atoms. The van der Waals surface area contributed by atoms with Gasteiger partial charge in [-0.1, -0.05) is 29.8 Å². The van der Waals surface area contributed by atoms with Gasteiger partial charge < -0.3 is 5.73 Å². The molecule has 2 rings (SSSR count). The summed E-state index contributed by atoms with van der Waals surface area (Å²) >= 11 is 1.70. The van der Waals surface area contributed by atoms with Crippen LogP contribution >= 0.6 is 11.8 Å². The number of hydrogen-bond donors (Lipinski definition) is 1. The first-order valence-electron chi connectivity index (χ1n) is 6.29. The number of nitrogens with two attached hydrogens (primary N) is 1. The molecule has 1 nitrogen and oxygen atoms in total. The third kappa shape index (κ3) is 3.82. The molecule has 0 unspecified atom stereocenters. The van der Waals surface area contributed by atoms with Gasteiger partial charge in [0.25, 0.3) is 0 Å². The molecule has 100 valence electrons. The summed E-state index contributed by atoms with van der Waals surface area (Å²) in [4.78, 5) is 1.05. The smallest absolute Gasteiger partial charge is 0.123 e. The lowest BCUT2D eigenvalue weighted by Crippen LogP contribution is -2.06. The van der Waals surface area contributed by atoms with Gasteiger partial charge in [0.2, 0.25) is 0 Å². The quantitative estimate of drug-likeness (QED) is 0.834. The van der Waals surface area contributed by atoms with Crippen LogP contribution in [0, 0.1) is 12.7 Å². The standard InChI is InChI=1S/C16H18FNS/c1-11-4-3-5-13(8-11)10-19-16-7-6-14(17)9-15(16)12(2)18/h3-9,12H,10,18H2,1-2H3/t12-/m0/s1. The molecule has 0 amide bonds. The summed E-state index contributed by atoms with van der Waals surface area (Å²) in [7, 11) is 0. The van der Waals surface area contributed by atoms with E-state index in [2.05, 4.69) is 31.2 Å². The molecular weight excluding hydrogens is 257 g/mol. The van der Waals surface area contributed by atoms with Crippen LogP contribution in [-0.2, 0) is 5.75 Å². The zero-order valence-electron chi connectivity index (χ0n) is 11.2. The van der Waals surface area contributed by atoms with Crippen LogP contribution in [0.3, 0.4) is 0 Å². The molecule has 0 aliphatic heterocycles. The molecule has 2 aromatic carbocycles. The van der Waals surface area contributed by atoms with Crippen LogP contribution in [0.1, 0.15) is 29.7 Å². The minimum Gasteiger partial charge on any atom is -0.324 e. The SMILES string of the molecule is Cc1cccc(CSc2ccc(F)cc2[C@H](C)N)c1. The average molecular weight is 275 g/mol. The van der Waals surface area contributed by atoms with Gasteiger partial charge in [-0.15, -0.1) is 11.8 Å². The van der Waals surface area contributed by atoms with Gasteiger partial charge in [0, 0.05) is 16.7 Å². The van der Waals surface area contributed by atoms with E-state index in [1.54, 1.807) is 11.8 Å². The van der Waals surface area contributed by atoms with Gasteiger partial charge in [-0.2, -0.15) is 0 Å². The Morgan fingerprint density at radius 3 is 2.68 bits per heavy atom. The second kappa shape index (κ2) is 6.22. The Balaban J connectivity index is 2.15. The van der Waals surface area contributed by atoms with Crippen molar-refractivity contribution in [2.45, 2.75) is 30.5 Å². The van der Waals surface area contributed by atoms with Crippen LogP contribution in [0.15, 0.2) is 47.4 Å². The first-order valence-corrected chi connectivity index (χ1v) is 7.28. The topological polar surface area (TPSA) is 26.0 Å². The number of halogens is 1. The number of thioether (sulfide) groups is 1.